The predicted molar refractivity (Wildman–Crippen MR) is 106 cm³/mol. The maximum atomic E-state index is 6.13. The standard InChI is InChI=1S/C22H28N2O3/c1-2-5-17(6-3-1)15-25-19-8-9-21-22(11-19)27-20(16-26-21)14-24-13-18-7-4-10-23-12-18/h1-3,5-6,8-9,11,18,20,23-24H,4,7,10,12-16H2/t18?,20-/m1/s1. The van der Waals surface area contributed by atoms with Crippen molar-refractivity contribution in [1.29, 1.82) is 0 Å². The van der Waals surface area contributed by atoms with E-state index in [0.29, 0.717) is 19.1 Å². The number of benzene rings is 2. The summed E-state index contributed by atoms with van der Waals surface area (Å²) in [5.74, 6) is 3.06. The van der Waals surface area contributed by atoms with E-state index in [1.165, 1.54) is 12.8 Å². The number of hydrogen-bond acceptors (Lipinski definition) is 5. The fourth-order valence-corrected chi connectivity index (χ4v) is 3.57. The summed E-state index contributed by atoms with van der Waals surface area (Å²) in [6.45, 7) is 5.21. The van der Waals surface area contributed by atoms with Crippen LogP contribution in [0.5, 0.6) is 17.2 Å². The molecule has 1 unspecified atom stereocenters. The van der Waals surface area contributed by atoms with Gasteiger partial charge in [0, 0.05) is 12.6 Å². The molecule has 144 valence electrons. The van der Waals surface area contributed by atoms with Crippen molar-refractivity contribution >= 4 is 0 Å². The van der Waals surface area contributed by atoms with E-state index in [-0.39, 0.29) is 6.10 Å². The lowest BCUT2D eigenvalue weighted by Gasteiger charge is -2.28. The van der Waals surface area contributed by atoms with Crippen LogP contribution in [0.15, 0.2) is 48.5 Å². The third-order valence-electron chi connectivity index (χ3n) is 5.09. The highest BCUT2D eigenvalue weighted by atomic mass is 16.6. The first-order chi connectivity index (χ1) is 13.4. The number of nitrogens with one attached hydrogen (secondary N) is 2. The fraction of sp³-hybridized carbons (Fsp3) is 0.455. The van der Waals surface area contributed by atoms with Gasteiger partial charge in [-0.2, -0.15) is 0 Å². The van der Waals surface area contributed by atoms with Crippen molar-refractivity contribution in [2.24, 2.45) is 5.92 Å². The van der Waals surface area contributed by atoms with E-state index in [0.717, 1.165) is 49.0 Å². The molecule has 2 aromatic rings. The summed E-state index contributed by atoms with van der Waals surface area (Å²) in [6.07, 6.45) is 2.60. The molecule has 5 heteroatoms. The number of piperidine rings is 1. The van der Waals surface area contributed by atoms with Crippen molar-refractivity contribution in [3.05, 3.63) is 54.1 Å². The normalized spacial score (nSPS) is 21.6. The highest BCUT2D eigenvalue weighted by molar-refractivity contribution is 5.46. The van der Waals surface area contributed by atoms with E-state index in [2.05, 4.69) is 22.8 Å². The van der Waals surface area contributed by atoms with Crippen molar-refractivity contribution in [1.82, 2.24) is 10.6 Å². The zero-order valence-corrected chi connectivity index (χ0v) is 15.7. The molecule has 1 fully saturated rings. The van der Waals surface area contributed by atoms with Gasteiger partial charge in [-0.3, -0.25) is 0 Å². The van der Waals surface area contributed by atoms with E-state index >= 15 is 0 Å². The topological polar surface area (TPSA) is 51.8 Å². The molecule has 2 aromatic carbocycles. The Bertz CT molecular complexity index is 717. The second-order valence-electron chi connectivity index (χ2n) is 7.30. The van der Waals surface area contributed by atoms with Gasteiger partial charge in [0.05, 0.1) is 0 Å². The van der Waals surface area contributed by atoms with Crippen LogP contribution >= 0.6 is 0 Å². The van der Waals surface area contributed by atoms with Crippen LogP contribution in [-0.2, 0) is 6.61 Å². The van der Waals surface area contributed by atoms with Gasteiger partial charge >= 0.3 is 0 Å². The van der Waals surface area contributed by atoms with Crippen LogP contribution in [-0.4, -0.2) is 38.9 Å². The Hall–Kier alpha value is -2.24. The van der Waals surface area contributed by atoms with Crippen LogP contribution in [0.3, 0.4) is 0 Å². The maximum absolute atomic E-state index is 6.13. The largest absolute Gasteiger partial charge is 0.489 e. The molecule has 0 amide bonds. The SMILES string of the molecule is c1ccc(COc2ccc3c(c2)O[C@H](CNCC2CCCNC2)CO3)cc1. The molecular weight excluding hydrogens is 340 g/mol. The average Bonchev–Trinajstić information content (AvgIpc) is 2.73. The van der Waals surface area contributed by atoms with Crippen LogP contribution < -0.4 is 24.8 Å². The Morgan fingerprint density at radius 3 is 2.85 bits per heavy atom. The Morgan fingerprint density at radius 1 is 1.07 bits per heavy atom. The van der Waals surface area contributed by atoms with Gasteiger partial charge in [-0.05, 0) is 56.1 Å². The van der Waals surface area contributed by atoms with Crippen LogP contribution in [0.25, 0.3) is 0 Å². The Balaban J connectivity index is 1.27. The first-order valence-corrected chi connectivity index (χ1v) is 9.88. The van der Waals surface area contributed by atoms with Gasteiger partial charge in [0.25, 0.3) is 0 Å². The molecule has 2 heterocycles. The molecular formula is C22H28N2O3. The van der Waals surface area contributed by atoms with Crippen LogP contribution in [0.2, 0.25) is 0 Å². The maximum Gasteiger partial charge on any atom is 0.165 e. The molecule has 0 radical (unpaired) electrons. The number of fused-ring (bicyclic) bond motifs is 1. The molecule has 2 atom stereocenters. The van der Waals surface area contributed by atoms with Gasteiger partial charge in [-0.15, -0.1) is 0 Å². The molecule has 0 bridgehead atoms. The molecule has 27 heavy (non-hydrogen) atoms. The van der Waals surface area contributed by atoms with Gasteiger partial charge in [-0.25, -0.2) is 0 Å². The summed E-state index contributed by atoms with van der Waals surface area (Å²) >= 11 is 0. The lowest BCUT2D eigenvalue weighted by Crippen LogP contribution is -2.42. The van der Waals surface area contributed by atoms with E-state index in [1.54, 1.807) is 0 Å². The average molecular weight is 368 g/mol. The molecule has 1 saturated heterocycles. The minimum Gasteiger partial charge on any atom is -0.489 e. The quantitative estimate of drug-likeness (QED) is 0.787. The van der Waals surface area contributed by atoms with E-state index < -0.39 is 0 Å². The van der Waals surface area contributed by atoms with Crippen LogP contribution in [0.1, 0.15) is 18.4 Å². The van der Waals surface area contributed by atoms with Crippen LogP contribution in [0.4, 0.5) is 0 Å². The van der Waals surface area contributed by atoms with Gasteiger partial charge in [0.2, 0.25) is 0 Å². The van der Waals surface area contributed by atoms with Crippen molar-refractivity contribution in [3.8, 4) is 17.2 Å². The Labute approximate surface area is 161 Å². The zero-order chi connectivity index (χ0) is 18.3. The summed E-state index contributed by atoms with van der Waals surface area (Å²) < 4.78 is 17.9. The third-order valence-corrected chi connectivity index (χ3v) is 5.09. The molecule has 2 N–H and O–H groups in total. The second kappa shape index (κ2) is 9.11. The van der Waals surface area contributed by atoms with Crippen molar-refractivity contribution in [2.45, 2.75) is 25.6 Å². The monoisotopic (exact) mass is 368 g/mol. The summed E-state index contributed by atoms with van der Waals surface area (Å²) in [5.41, 5.74) is 1.15. The van der Waals surface area contributed by atoms with E-state index in [4.69, 9.17) is 14.2 Å². The molecule has 2 aliphatic rings. The molecule has 4 rings (SSSR count). The number of hydrogen-bond donors (Lipinski definition) is 2. The summed E-state index contributed by atoms with van der Waals surface area (Å²) in [5, 5.41) is 7.00. The lowest BCUT2D eigenvalue weighted by molar-refractivity contribution is 0.0887. The van der Waals surface area contributed by atoms with Crippen LogP contribution in [0, 0.1) is 5.92 Å². The van der Waals surface area contributed by atoms with Crippen molar-refractivity contribution < 1.29 is 14.2 Å². The third kappa shape index (κ3) is 5.15. The lowest BCUT2D eigenvalue weighted by atomic mass is 10.00. The first kappa shape index (κ1) is 18.1. The first-order valence-electron chi connectivity index (χ1n) is 9.88. The molecule has 5 nitrogen and oxygen atoms in total. The highest BCUT2D eigenvalue weighted by Gasteiger charge is 2.22. The van der Waals surface area contributed by atoms with E-state index in [9.17, 15) is 0 Å². The summed E-state index contributed by atoms with van der Waals surface area (Å²) in [6, 6.07) is 15.9. The molecule has 0 aliphatic carbocycles. The molecule has 2 aliphatic heterocycles. The number of ether oxygens (including phenoxy) is 3. The summed E-state index contributed by atoms with van der Waals surface area (Å²) in [4.78, 5) is 0. The zero-order valence-electron chi connectivity index (χ0n) is 15.7. The second-order valence-corrected chi connectivity index (χ2v) is 7.30. The highest BCUT2D eigenvalue weighted by Crippen LogP contribution is 2.35. The summed E-state index contributed by atoms with van der Waals surface area (Å²) in [7, 11) is 0. The van der Waals surface area contributed by atoms with Gasteiger partial charge < -0.3 is 24.8 Å². The predicted octanol–water partition coefficient (Wildman–Crippen LogP) is 2.99. The van der Waals surface area contributed by atoms with Crippen molar-refractivity contribution in [3.63, 3.8) is 0 Å². The molecule has 0 spiro atoms. The molecule has 0 saturated carbocycles. The number of rotatable bonds is 7. The Kier molecular flexibility index (Phi) is 6.12. The van der Waals surface area contributed by atoms with Gasteiger partial charge in [-0.1, -0.05) is 30.3 Å². The van der Waals surface area contributed by atoms with Crippen molar-refractivity contribution in [2.75, 3.05) is 32.8 Å². The molecule has 0 aromatic heterocycles. The minimum atomic E-state index is 0.0263. The van der Waals surface area contributed by atoms with E-state index in [1.807, 2.05) is 36.4 Å². The fourth-order valence-electron chi connectivity index (χ4n) is 3.57. The van der Waals surface area contributed by atoms with Gasteiger partial charge in [0.1, 0.15) is 25.1 Å². The smallest absolute Gasteiger partial charge is 0.165 e. The minimum absolute atomic E-state index is 0.0263. The van der Waals surface area contributed by atoms with Gasteiger partial charge in [0.15, 0.2) is 11.5 Å². The Morgan fingerprint density at radius 2 is 2.00 bits per heavy atom.